The molecule has 0 radical (unpaired) electrons. The Morgan fingerprint density at radius 3 is 2.00 bits per heavy atom. The minimum Gasteiger partial charge on any atom is -0.444 e. The van der Waals surface area contributed by atoms with Crippen LogP contribution < -0.4 is 20.5 Å². The Labute approximate surface area is 317 Å². The largest absolute Gasteiger partial charge is 0.444 e. The number of nitrogens with two attached hydrogens (primary N) is 2. The van der Waals surface area contributed by atoms with E-state index in [2.05, 4.69) is 47.9 Å². The SMILES string of the molecule is CN(CCCC1CCC(C)(C)C1)c1ccc(S(N)(=O)=O)cn1.CNCCCC1CN(C(=O)OC(C)(C)C)C(C)(C)C1.NS(=O)(=O)c1ccc(Cl)nc1. The zero-order valence-electron chi connectivity index (χ0n) is 32.5. The summed E-state index contributed by atoms with van der Waals surface area (Å²) < 4.78 is 49.2. The molecule has 3 heterocycles. The van der Waals surface area contributed by atoms with Gasteiger partial charge in [-0.1, -0.05) is 25.4 Å². The van der Waals surface area contributed by atoms with Crippen molar-refractivity contribution in [2.45, 2.75) is 121 Å². The van der Waals surface area contributed by atoms with Crippen molar-refractivity contribution >= 4 is 43.6 Å². The lowest BCUT2D eigenvalue weighted by molar-refractivity contribution is 0.0130. The van der Waals surface area contributed by atoms with Gasteiger partial charge in [0.05, 0.1) is 0 Å². The Morgan fingerprint density at radius 2 is 1.54 bits per heavy atom. The molecule has 1 saturated heterocycles. The summed E-state index contributed by atoms with van der Waals surface area (Å²) in [5.74, 6) is 2.22. The molecule has 296 valence electrons. The summed E-state index contributed by atoms with van der Waals surface area (Å²) in [6, 6.07) is 5.87. The van der Waals surface area contributed by atoms with Gasteiger partial charge in [0, 0.05) is 38.1 Å². The number of primary sulfonamides is 2. The molecule has 1 aliphatic carbocycles. The van der Waals surface area contributed by atoms with Gasteiger partial charge in [0.25, 0.3) is 0 Å². The first kappa shape index (κ1) is 45.6. The quantitative estimate of drug-likeness (QED) is 0.175. The smallest absolute Gasteiger partial charge is 0.410 e. The van der Waals surface area contributed by atoms with Crippen molar-refractivity contribution in [1.82, 2.24) is 20.2 Å². The minimum atomic E-state index is -3.67. The van der Waals surface area contributed by atoms with Gasteiger partial charge in [-0.2, -0.15) is 0 Å². The molecule has 2 aromatic heterocycles. The van der Waals surface area contributed by atoms with Crippen molar-refractivity contribution in [3.63, 3.8) is 0 Å². The van der Waals surface area contributed by atoms with Crippen molar-refractivity contribution in [3.8, 4) is 0 Å². The van der Waals surface area contributed by atoms with Gasteiger partial charge in [0.2, 0.25) is 20.0 Å². The van der Waals surface area contributed by atoms with E-state index in [-0.39, 0.29) is 26.6 Å². The molecule has 4 rings (SSSR count). The number of hydrogen-bond acceptors (Lipinski definition) is 10. The van der Waals surface area contributed by atoms with E-state index in [0.29, 0.717) is 11.3 Å². The molecule has 2 fully saturated rings. The molecule has 52 heavy (non-hydrogen) atoms. The zero-order chi connectivity index (χ0) is 39.5. The van der Waals surface area contributed by atoms with Gasteiger partial charge >= 0.3 is 6.09 Å². The van der Waals surface area contributed by atoms with Crippen molar-refractivity contribution in [1.29, 1.82) is 0 Å². The molecule has 1 saturated carbocycles. The molecule has 5 N–H and O–H groups in total. The van der Waals surface area contributed by atoms with E-state index in [9.17, 15) is 21.6 Å². The number of halogens is 1. The first-order valence-corrected chi connectivity index (χ1v) is 21.3. The van der Waals surface area contributed by atoms with Gasteiger partial charge in [-0.15, -0.1) is 0 Å². The summed E-state index contributed by atoms with van der Waals surface area (Å²) in [6.07, 6.45) is 12.1. The second-order valence-electron chi connectivity index (χ2n) is 16.3. The summed E-state index contributed by atoms with van der Waals surface area (Å²) in [5.41, 5.74) is 0.00565. The topological polar surface area (TPSA) is 191 Å². The van der Waals surface area contributed by atoms with Crippen LogP contribution in [0.2, 0.25) is 5.15 Å². The number of anilines is 1. The second-order valence-corrected chi connectivity index (χ2v) is 19.8. The first-order chi connectivity index (χ1) is 23.8. The fourth-order valence-electron chi connectivity index (χ4n) is 6.64. The molecule has 16 heteroatoms. The molecular formula is C36H62ClN7O6S2. The number of carbonyl (C=O) groups excluding carboxylic acids is 1. The van der Waals surface area contributed by atoms with E-state index in [4.69, 9.17) is 26.6 Å². The molecule has 1 amide bonds. The number of rotatable bonds is 11. The highest BCUT2D eigenvalue weighted by Gasteiger charge is 2.42. The normalized spacial score (nSPS) is 19.6. The van der Waals surface area contributed by atoms with Crippen LogP contribution in [0.4, 0.5) is 10.6 Å². The second kappa shape index (κ2) is 19.2. The molecule has 1 aliphatic heterocycles. The van der Waals surface area contributed by atoms with Gasteiger partial charge in [-0.3, -0.25) is 0 Å². The first-order valence-electron chi connectivity index (χ1n) is 17.8. The number of likely N-dealkylation sites (tertiary alicyclic amines) is 1. The van der Waals surface area contributed by atoms with Gasteiger partial charge in [-0.05, 0) is 141 Å². The van der Waals surface area contributed by atoms with Crippen LogP contribution in [-0.4, -0.2) is 82.7 Å². The Kier molecular flexibility index (Phi) is 16.8. The van der Waals surface area contributed by atoms with Gasteiger partial charge in [0.15, 0.2) is 0 Å². The molecule has 0 bridgehead atoms. The Morgan fingerprint density at radius 1 is 0.962 bits per heavy atom. The van der Waals surface area contributed by atoms with Crippen LogP contribution in [0.15, 0.2) is 46.5 Å². The fourth-order valence-corrected chi connectivity index (χ4v) is 7.67. The van der Waals surface area contributed by atoms with E-state index in [1.54, 1.807) is 6.07 Å². The summed E-state index contributed by atoms with van der Waals surface area (Å²) >= 11 is 5.42. The number of carbonyl (C=O) groups is 1. The maximum absolute atomic E-state index is 12.2. The number of ether oxygens (including phenoxy) is 1. The van der Waals surface area contributed by atoms with E-state index in [1.807, 2.05) is 39.8 Å². The minimum absolute atomic E-state index is 0.0399. The third-order valence-corrected chi connectivity index (χ3v) is 11.3. The lowest BCUT2D eigenvalue weighted by Gasteiger charge is -2.33. The zero-order valence-corrected chi connectivity index (χ0v) is 34.9. The van der Waals surface area contributed by atoms with Crippen molar-refractivity contribution in [2.75, 3.05) is 38.6 Å². The lowest BCUT2D eigenvalue weighted by atomic mass is 9.89. The predicted octanol–water partition coefficient (Wildman–Crippen LogP) is 6.18. The molecule has 2 aliphatic rings. The van der Waals surface area contributed by atoms with Gasteiger partial charge in [-0.25, -0.2) is 41.9 Å². The molecule has 0 spiro atoms. The number of sulfonamides is 2. The summed E-state index contributed by atoms with van der Waals surface area (Å²) in [6.45, 7) is 17.5. The van der Waals surface area contributed by atoms with Gasteiger partial charge in [0.1, 0.15) is 26.4 Å². The van der Waals surface area contributed by atoms with E-state index in [1.165, 1.54) is 62.9 Å². The molecule has 2 atom stereocenters. The van der Waals surface area contributed by atoms with Crippen LogP contribution in [0.3, 0.4) is 0 Å². The average Bonchev–Trinajstić information content (AvgIpc) is 3.52. The van der Waals surface area contributed by atoms with Crippen molar-refractivity contribution in [2.24, 2.45) is 27.5 Å². The number of amides is 1. The Hall–Kier alpha value is -2.56. The van der Waals surface area contributed by atoms with Crippen LogP contribution in [0, 0.1) is 17.3 Å². The average molecular weight is 789 g/mol. The number of nitrogens with zero attached hydrogens (tertiary/aromatic N) is 4. The lowest BCUT2D eigenvalue weighted by Crippen LogP contribution is -2.45. The van der Waals surface area contributed by atoms with E-state index >= 15 is 0 Å². The third-order valence-electron chi connectivity index (χ3n) is 9.26. The van der Waals surface area contributed by atoms with Crippen LogP contribution in [0.1, 0.15) is 99.8 Å². The summed E-state index contributed by atoms with van der Waals surface area (Å²) in [5, 5.41) is 13.3. The number of aromatic nitrogens is 2. The highest BCUT2D eigenvalue weighted by atomic mass is 35.5. The maximum Gasteiger partial charge on any atom is 0.410 e. The standard InChI is InChI=1S/C16H27N3O2S.C15H30N2O2.C5H5ClN2O2S/c1-16(2)9-8-13(11-16)5-4-10-19(3)15-7-6-14(12-18-15)22(17,20)21;1-14(2,3)19-13(18)17-11-12(8-7-9-16-6)10-15(17,4)5;6-5-2-1-4(3-8-5)11(7,9)10/h6-7,12-13H,4-5,8-11H2,1-3H3,(H2,17,20,21);12,16H,7-11H2,1-6H3;1-3H,(H2,7,9,10). The Balaban J connectivity index is 0.000000285. The molecular weight excluding hydrogens is 726 g/mol. The number of nitrogens with one attached hydrogen (secondary N) is 1. The number of hydrogen-bond donors (Lipinski definition) is 3. The van der Waals surface area contributed by atoms with Crippen LogP contribution in [0.25, 0.3) is 0 Å². The van der Waals surface area contributed by atoms with Gasteiger partial charge < -0.3 is 19.9 Å². The predicted molar refractivity (Wildman–Crippen MR) is 208 cm³/mol. The Bertz CT molecular complexity index is 1630. The van der Waals surface area contributed by atoms with E-state index < -0.39 is 25.6 Å². The van der Waals surface area contributed by atoms with Crippen molar-refractivity contribution < 1.29 is 26.4 Å². The molecule has 13 nitrogen and oxygen atoms in total. The highest BCUT2D eigenvalue weighted by Crippen LogP contribution is 2.42. The summed E-state index contributed by atoms with van der Waals surface area (Å²) in [7, 11) is -3.34. The van der Waals surface area contributed by atoms with Crippen LogP contribution in [0.5, 0.6) is 0 Å². The summed E-state index contributed by atoms with van der Waals surface area (Å²) in [4.78, 5) is 24.0. The molecule has 0 aromatic carbocycles. The van der Waals surface area contributed by atoms with E-state index in [0.717, 1.165) is 50.4 Å². The fraction of sp³-hybridized carbons (Fsp3) is 0.694. The molecule has 2 unspecified atom stereocenters. The third kappa shape index (κ3) is 16.2. The highest BCUT2D eigenvalue weighted by molar-refractivity contribution is 7.89. The molecule has 2 aromatic rings. The van der Waals surface area contributed by atoms with Crippen LogP contribution in [-0.2, 0) is 24.8 Å². The van der Waals surface area contributed by atoms with Crippen LogP contribution >= 0.6 is 11.6 Å². The van der Waals surface area contributed by atoms with Crippen molar-refractivity contribution in [3.05, 3.63) is 41.8 Å². The monoisotopic (exact) mass is 787 g/mol. The maximum atomic E-state index is 12.2. The number of pyridine rings is 2.